The lowest BCUT2D eigenvalue weighted by atomic mass is 10.0. The number of hydrogen-bond acceptors (Lipinski definition) is 5. The Kier molecular flexibility index (Phi) is 4.15. The van der Waals surface area contributed by atoms with Gasteiger partial charge >= 0.3 is 11.7 Å². The number of pyridine rings is 1. The van der Waals surface area contributed by atoms with Gasteiger partial charge in [-0.2, -0.15) is 0 Å². The lowest BCUT2D eigenvalue weighted by molar-refractivity contribution is -0.143. The fraction of sp³-hybridized carbons (Fsp3) is 0.438. The lowest BCUT2D eigenvalue weighted by Crippen LogP contribution is -2.48. The first-order valence-corrected chi connectivity index (χ1v) is 7.92. The van der Waals surface area contributed by atoms with Crippen molar-refractivity contribution in [3.05, 3.63) is 38.7 Å². The van der Waals surface area contributed by atoms with Crippen LogP contribution in [0.2, 0.25) is 0 Å². The van der Waals surface area contributed by atoms with E-state index in [1.165, 1.54) is 35.8 Å². The molecule has 1 aliphatic rings. The molecule has 3 heterocycles. The Morgan fingerprint density at radius 3 is 2.60 bits per heavy atom. The van der Waals surface area contributed by atoms with Crippen LogP contribution in [0, 0.1) is 0 Å². The Balaban J connectivity index is 2.10. The summed E-state index contributed by atoms with van der Waals surface area (Å²) in [6, 6.07) is 0.500. The Morgan fingerprint density at radius 2 is 1.92 bits per heavy atom. The molecule has 0 aromatic carbocycles. The number of aliphatic carboxylic acids is 1. The topological polar surface area (TPSA) is 114 Å². The largest absolute Gasteiger partial charge is 0.480 e. The van der Waals surface area contributed by atoms with E-state index < -0.39 is 29.2 Å². The summed E-state index contributed by atoms with van der Waals surface area (Å²) in [6.07, 6.45) is 3.15. The van der Waals surface area contributed by atoms with Crippen LogP contribution >= 0.6 is 0 Å². The number of amides is 1. The monoisotopic (exact) mass is 346 g/mol. The Bertz CT molecular complexity index is 990. The van der Waals surface area contributed by atoms with Gasteiger partial charge in [-0.05, 0) is 25.3 Å². The smallest absolute Gasteiger partial charge is 0.332 e. The predicted octanol–water partition coefficient (Wildman–Crippen LogP) is -0.288. The van der Waals surface area contributed by atoms with E-state index in [2.05, 4.69) is 4.98 Å². The first kappa shape index (κ1) is 16.9. The quantitative estimate of drug-likeness (QED) is 0.799. The highest BCUT2D eigenvalue weighted by atomic mass is 16.4. The third-order valence-corrected chi connectivity index (χ3v) is 4.59. The highest BCUT2D eigenvalue weighted by Crippen LogP contribution is 2.20. The molecule has 0 saturated carbocycles. The molecule has 0 spiro atoms. The van der Waals surface area contributed by atoms with Crippen LogP contribution in [-0.4, -0.2) is 48.6 Å². The number of piperidine rings is 1. The van der Waals surface area contributed by atoms with Crippen LogP contribution in [0.25, 0.3) is 11.0 Å². The summed E-state index contributed by atoms with van der Waals surface area (Å²) in [5.74, 6) is -1.52. The van der Waals surface area contributed by atoms with Gasteiger partial charge in [0, 0.05) is 26.8 Å². The molecular formula is C16H18N4O5. The van der Waals surface area contributed by atoms with Crippen LogP contribution in [0.15, 0.2) is 21.9 Å². The van der Waals surface area contributed by atoms with E-state index in [0.717, 1.165) is 17.4 Å². The predicted molar refractivity (Wildman–Crippen MR) is 88.5 cm³/mol. The van der Waals surface area contributed by atoms with Gasteiger partial charge in [0.15, 0.2) is 0 Å². The number of nitrogens with zero attached hydrogens (tertiary/aromatic N) is 4. The van der Waals surface area contributed by atoms with Crippen LogP contribution in [0.3, 0.4) is 0 Å². The van der Waals surface area contributed by atoms with E-state index in [1.807, 2.05) is 0 Å². The van der Waals surface area contributed by atoms with Gasteiger partial charge in [0.1, 0.15) is 11.7 Å². The van der Waals surface area contributed by atoms with Gasteiger partial charge in [-0.1, -0.05) is 0 Å². The number of carbonyl (C=O) groups is 2. The van der Waals surface area contributed by atoms with Crippen molar-refractivity contribution in [2.24, 2.45) is 14.1 Å². The molecule has 1 saturated heterocycles. The number of carboxylic acid groups (broad SMARTS) is 1. The zero-order valence-corrected chi connectivity index (χ0v) is 13.9. The molecule has 1 atom stereocenters. The van der Waals surface area contributed by atoms with Gasteiger partial charge < -0.3 is 10.0 Å². The average molecular weight is 346 g/mol. The van der Waals surface area contributed by atoms with E-state index in [1.54, 1.807) is 0 Å². The molecule has 1 amide bonds. The van der Waals surface area contributed by atoms with Gasteiger partial charge in [0.05, 0.1) is 10.9 Å². The molecule has 0 radical (unpaired) electrons. The second-order valence-corrected chi connectivity index (χ2v) is 6.15. The van der Waals surface area contributed by atoms with Crippen molar-refractivity contribution >= 4 is 22.9 Å². The number of carboxylic acids is 1. The summed E-state index contributed by atoms with van der Waals surface area (Å²) in [5, 5.41) is 9.46. The second-order valence-electron chi connectivity index (χ2n) is 6.15. The maximum Gasteiger partial charge on any atom is 0.332 e. The van der Waals surface area contributed by atoms with E-state index >= 15 is 0 Å². The molecule has 132 valence electrons. The summed E-state index contributed by atoms with van der Waals surface area (Å²) in [4.78, 5) is 53.8. The molecule has 0 bridgehead atoms. The number of carbonyl (C=O) groups excluding carboxylic acids is 1. The van der Waals surface area contributed by atoms with E-state index in [4.69, 9.17) is 0 Å². The minimum absolute atomic E-state index is 0.136. The standard InChI is InChI=1S/C16H18N4O5/c1-18-12-10(14(22)19(2)16(18)25)7-9(8-17-12)13(21)20-6-4-3-5-11(20)15(23)24/h7-8,11H,3-6H2,1-2H3,(H,23,24). The Hall–Kier alpha value is -2.97. The van der Waals surface area contributed by atoms with Crippen molar-refractivity contribution in [2.45, 2.75) is 25.3 Å². The van der Waals surface area contributed by atoms with Gasteiger partial charge in [-0.3, -0.25) is 18.7 Å². The molecule has 2 aromatic rings. The molecule has 1 fully saturated rings. The van der Waals surface area contributed by atoms with Crippen LogP contribution in [0.5, 0.6) is 0 Å². The molecule has 1 aliphatic heterocycles. The molecule has 9 heteroatoms. The van der Waals surface area contributed by atoms with Crippen molar-refractivity contribution in [1.82, 2.24) is 19.0 Å². The number of aromatic nitrogens is 3. The molecule has 1 unspecified atom stereocenters. The van der Waals surface area contributed by atoms with Gasteiger partial charge in [-0.15, -0.1) is 0 Å². The minimum atomic E-state index is -1.04. The molecule has 1 N–H and O–H groups in total. The van der Waals surface area contributed by atoms with Crippen LogP contribution in [-0.2, 0) is 18.9 Å². The Labute approximate surface area is 142 Å². The van der Waals surface area contributed by atoms with Crippen molar-refractivity contribution in [1.29, 1.82) is 0 Å². The SMILES string of the molecule is Cn1c(=O)c2cc(C(=O)N3CCCCC3C(=O)O)cnc2n(C)c1=O. The molecule has 3 rings (SSSR count). The fourth-order valence-corrected chi connectivity index (χ4v) is 3.18. The average Bonchev–Trinajstić information content (AvgIpc) is 2.63. The van der Waals surface area contributed by atoms with Gasteiger partial charge in [0.25, 0.3) is 11.5 Å². The van der Waals surface area contributed by atoms with E-state index in [0.29, 0.717) is 13.0 Å². The highest BCUT2D eigenvalue weighted by molar-refractivity contribution is 5.98. The molecule has 25 heavy (non-hydrogen) atoms. The summed E-state index contributed by atoms with van der Waals surface area (Å²) in [5.41, 5.74) is -0.741. The zero-order chi connectivity index (χ0) is 18.3. The second kappa shape index (κ2) is 6.15. The first-order valence-electron chi connectivity index (χ1n) is 7.92. The number of fused-ring (bicyclic) bond motifs is 1. The molecule has 0 aliphatic carbocycles. The molecular weight excluding hydrogens is 328 g/mol. The maximum atomic E-state index is 12.8. The number of hydrogen-bond donors (Lipinski definition) is 1. The molecule has 2 aromatic heterocycles. The normalized spacial score (nSPS) is 17.7. The highest BCUT2D eigenvalue weighted by Gasteiger charge is 2.32. The van der Waals surface area contributed by atoms with Gasteiger partial charge in [0.2, 0.25) is 0 Å². The zero-order valence-electron chi connectivity index (χ0n) is 13.9. The van der Waals surface area contributed by atoms with Crippen LogP contribution in [0.4, 0.5) is 0 Å². The fourth-order valence-electron chi connectivity index (χ4n) is 3.18. The maximum absolute atomic E-state index is 12.8. The van der Waals surface area contributed by atoms with Crippen LogP contribution in [0.1, 0.15) is 29.6 Å². The number of likely N-dealkylation sites (tertiary alicyclic amines) is 1. The van der Waals surface area contributed by atoms with Crippen molar-refractivity contribution in [3.8, 4) is 0 Å². The third kappa shape index (κ3) is 2.71. The third-order valence-electron chi connectivity index (χ3n) is 4.59. The molecule has 9 nitrogen and oxygen atoms in total. The summed E-state index contributed by atoms with van der Waals surface area (Å²) in [6.45, 7) is 0.346. The lowest BCUT2D eigenvalue weighted by Gasteiger charge is -2.32. The van der Waals surface area contributed by atoms with Crippen molar-refractivity contribution < 1.29 is 14.7 Å². The summed E-state index contributed by atoms with van der Waals surface area (Å²) in [7, 11) is 2.84. The van der Waals surface area contributed by atoms with Crippen LogP contribution < -0.4 is 11.2 Å². The Morgan fingerprint density at radius 1 is 1.20 bits per heavy atom. The number of rotatable bonds is 2. The van der Waals surface area contributed by atoms with E-state index in [9.17, 15) is 24.3 Å². The first-order chi connectivity index (χ1) is 11.8. The van der Waals surface area contributed by atoms with Gasteiger partial charge in [-0.25, -0.2) is 14.6 Å². The number of aryl methyl sites for hydroxylation is 1. The summed E-state index contributed by atoms with van der Waals surface area (Å²) >= 11 is 0. The van der Waals surface area contributed by atoms with Crippen molar-refractivity contribution in [2.75, 3.05) is 6.54 Å². The minimum Gasteiger partial charge on any atom is -0.480 e. The van der Waals surface area contributed by atoms with Crippen molar-refractivity contribution in [3.63, 3.8) is 0 Å². The van der Waals surface area contributed by atoms with E-state index in [-0.39, 0.29) is 16.6 Å². The summed E-state index contributed by atoms with van der Waals surface area (Å²) < 4.78 is 2.17.